The number of hydrogen-bond donors (Lipinski definition) is 1. The third kappa shape index (κ3) is 2.78. The highest BCUT2D eigenvalue weighted by Gasteiger charge is 2.40. The highest BCUT2D eigenvalue weighted by molar-refractivity contribution is 6.33. The number of aryl methyl sites for hydroxylation is 1. The van der Waals surface area contributed by atoms with E-state index < -0.39 is 17.9 Å². The van der Waals surface area contributed by atoms with Gasteiger partial charge in [0.05, 0.1) is 5.02 Å². The summed E-state index contributed by atoms with van der Waals surface area (Å²) >= 11 is 6.28. The highest BCUT2D eigenvalue weighted by Crippen LogP contribution is 2.37. The lowest BCUT2D eigenvalue weighted by Gasteiger charge is -2.23. The number of carbonyl (C=O) groups is 2. The predicted molar refractivity (Wildman–Crippen MR) is 102 cm³/mol. The maximum atomic E-state index is 13.5. The number of fused-ring (bicyclic) bond motifs is 1. The molecule has 2 amide bonds. The van der Waals surface area contributed by atoms with E-state index in [1.165, 1.54) is 4.90 Å². The first-order valence-electron chi connectivity index (χ1n) is 8.41. The summed E-state index contributed by atoms with van der Waals surface area (Å²) in [5.41, 5.74) is 8.33. The second-order valence-electron chi connectivity index (χ2n) is 6.37. The minimum absolute atomic E-state index is 0.269. The van der Waals surface area contributed by atoms with E-state index in [1.807, 2.05) is 18.2 Å². The lowest BCUT2D eigenvalue weighted by Crippen LogP contribution is -2.46. The lowest BCUT2D eigenvalue weighted by molar-refractivity contribution is -0.119. The average molecular weight is 382 g/mol. The van der Waals surface area contributed by atoms with E-state index in [2.05, 4.69) is 5.16 Å². The highest BCUT2D eigenvalue weighted by atomic mass is 35.5. The van der Waals surface area contributed by atoms with Gasteiger partial charge in [-0.1, -0.05) is 53.2 Å². The SMILES string of the molecule is Cc1onc(-c2ccccc2Cl)c1C(=O)N1c2ccccc2CC1C(N)=O. The van der Waals surface area contributed by atoms with E-state index in [1.54, 1.807) is 37.3 Å². The summed E-state index contributed by atoms with van der Waals surface area (Å²) in [6, 6.07) is 13.7. The van der Waals surface area contributed by atoms with E-state index in [4.69, 9.17) is 21.9 Å². The van der Waals surface area contributed by atoms with Gasteiger partial charge in [0, 0.05) is 17.7 Å². The smallest absolute Gasteiger partial charge is 0.264 e. The molecule has 0 fully saturated rings. The van der Waals surface area contributed by atoms with Gasteiger partial charge in [0.15, 0.2) is 0 Å². The summed E-state index contributed by atoms with van der Waals surface area (Å²) in [6.45, 7) is 1.65. The van der Waals surface area contributed by atoms with Crippen molar-refractivity contribution in [1.82, 2.24) is 5.16 Å². The monoisotopic (exact) mass is 381 g/mol. The van der Waals surface area contributed by atoms with Gasteiger partial charge in [0.2, 0.25) is 5.91 Å². The Hall–Kier alpha value is -3.12. The van der Waals surface area contributed by atoms with Crippen LogP contribution < -0.4 is 10.6 Å². The molecule has 7 heteroatoms. The van der Waals surface area contributed by atoms with Crippen LogP contribution in [0, 0.1) is 6.92 Å². The van der Waals surface area contributed by atoms with Crippen molar-refractivity contribution >= 4 is 29.1 Å². The zero-order chi connectivity index (χ0) is 19.1. The van der Waals surface area contributed by atoms with Gasteiger partial charge in [-0.25, -0.2) is 0 Å². The Bertz CT molecular complexity index is 1060. The lowest BCUT2D eigenvalue weighted by atomic mass is 10.0. The van der Waals surface area contributed by atoms with Crippen molar-refractivity contribution < 1.29 is 14.1 Å². The van der Waals surface area contributed by atoms with Crippen LogP contribution >= 0.6 is 11.6 Å². The number of hydrogen-bond acceptors (Lipinski definition) is 4. The predicted octanol–water partition coefficient (Wildman–Crippen LogP) is 3.36. The number of primary amides is 1. The second kappa shape index (κ2) is 6.55. The van der Waals surface area contributed by atoms with Gasteiger partial charge in [0.25, 0.3) is 5.91 Å². The summed E-state index contributed by atoms with van der Waals surface area (Å²) in [4.78, 5) is 26.9. The molecule has 2 N–H and O–H groups in total. The normalized spacial score (nSPS) is 15.6. The zero-order valence-corrected chi connectivity index (χ0v) is 15.2. The summed E-state index contributed by atoms with van der Waals surface area (Å²) < 4.78 is 5.30. The number of carbonyl (C=O) groups excluding carboxylic acids is 2. The Labute approximate surface area is 160 Å². The average Bonchev–Trinajstić information content (AvgIpc) is 3.22. The molecule has 136 valence electrons. The van der Waals surface area contributed by atoms with Crippen LogP contribution in [0.3, 0.4) is 0 Å². The number of anilines is 1. The minimum atomic E-state index is -0.761. The Morgan fingerprint density at radius 1 is 1.19 bits per heavy atom. The van der Waals surface area contributed by atoms with Gasteiger partial charge < -0.3 is 10.3 Å². The summed E-state index contributed by atoms with van der Waals surface area (Å²) in [7, 11) is 0. The van der Waals surface area contributed by atoms with Crippen LogP contribution in [0.2, 0.25) is 5.02 Å². The molecule has 1 aliphatic heterocycles. The standard InChI is InChI=1S/C20H16ClN3O3/c1-11-17(18(23-27-11)13-7-3-4-8-14(13)21)20(26)24-15-9-5-2-6-12(15)10-16(24)19(22)25/h2-9,16H,10H2,1H3,(H2,22,25). The van der Waals surface area contributed by atoms with E-state index in [9.17, 15) is 9.59 Å². The van der Waals surface area contributed by atoms with Gasteiger partial charge in [-0.15, -0.1) is 0 Å². The molecule has 6 nitrogen and oxygen atoms in total. The Kier molecular flexibility index (Phi) is 4.20. The Morgan fingerprint density at radius 2 is 1.89 bits per heavy atom. The van der Waals surface area contributed by atoms with Crippen molar-refractivity contribution in [3.63, 3.8) is 0 Å². The first kappa shape index (κ1) is 17.3. The van der Waals surface area contributed by atoms with Gasteiger partial charge in [-0.2, -0.15) is 0 Å². The maximum Gasteiger partial charge on any atom is 0.264 e. The number of aromatic nitrogens is 1. The molecule has 0 radical (unpaired) electrons. The Balaban J connectivity index is 1.85. The van der Waals surface area contributed by atoms with Gasteiger partial charge in [0.1, 0.15) is 23.1 Å². The van der Waals surface area contributed by atoms with Gasteiger partial charge >= 0.3 is 0 Å². The number of nitrogens with two attached hydrogens (primary N) is 1. The first-order chi connectivity index (χ1) is 13.0. The number of amides is 2. The van der Waals surface area contributed by atoms with Crippen LogP contribution in [0.4, 0.5) is 5.69 Å². The molecule has 27 heavy (non-hydrogen) atoms. The fourth-order valence-corrected chi connectivity index (χ4v) is 3.67. The minimum Gasteiger partial charge on any atom is -0.368 e. The van der Waals surface area contributed by atoms with Crippen molar-refractivity contribution in [2.75, 3.05) is 4.90 Å². The summed E-state index contributed by atoms with van der Waals surface area (Å²) in [5, 5.41) is 4.49. The molecule has 0 bridgehead atoms. The molecule has 1 atom stereocenters. The zero-order valence-electron chi connectivity index (χ0n) is 14.5. The number of para-hydroxylation sites is 1. The summed E-state index contributed by atoms with van der Waals surface area (Å²) in [6.07, 6.45) is 0.378. The van der Waals surface area contributed by atoms with Crippen LogP contribution in [-0.2, 0) is 11.2 Å². The molecule has 2 heterocycles. The van der Waals surface area contributed by atoms with E-state index in [0.717, 1.165) is 5.56 Å². The van der Waals surface area contributed by atoms with Crippen LogP contribution in [0.5, 0.6) is 0 Å². The molecular weight excluding hydrogens is 366 g/mol. The number of rotatable bonds is 3. The van der Waals surface area contributed by atoms with Crippen molar-refractivity contribution in [2.24, 2.45) is 5.73 Å². The van der Waals surface area contributed by atoms with Crippen molar-refractivity contribution in [1.29, 1.82) is 0 Å². The molecule has 3 aromatic rings. The largest absolute Gasteiger partial charge is 0.368 e. The molecule has 0 aliphatic carbocycles. The van der Waals surface area contributed by atoms with E-state index in [-0.39, 0.29) is 5.56 Å². The number of nitrogens with zero attached hydrogens (tertiary/aromatic N) is 2. The number of halogens is 1. The van der Waals surface area contributed by atoms with Crippen LogP contribution in [0.1, 0.15) is 21.7 Å². The fraction of sp³-hybridized carbons (Fsp3) is 0.150. The summed E-state index contributed by atoms with van der Waals surface area (Å²) in [5.74, 6) is -0.604. The third-order valence-electron chi connectivity index (χ3n) is 4.73. The van der Waals surface area contributed by atoms with Crippen LogP contribution in [0.25, 0.3) is 11.3 Å². The molecule has 1 aliphatic rings. The quantitative estimate of drug-likeness (QED) is 0.753. The topological polar surface area (TPSA) is 89.4 Å². The maximum absolute atomic E-state index is 13.5. The van der Waals surface area contributed by atoms with Crippen molar-refractivity contribution in [2.45, 2.75) is 19.4 Å². The van der Waals surface area contributed by atoms with Gasteiger partial charge in [-0.3, -0.25) is 14.5 Å². The van der Waals surface area contributed by atoms with Crippen molar-refractivity contribution in [3.8, 4) is 11.3 Å². The Morgan fingerprint density at radius 3 is 2.63 bits per heavy atom. The van der Waals surface area contributed by atoms with Crippen LogP contribution in [0.15, 0.2) is 53.1 Å². The van der Waals surface area contributed by atoms with E-state index in [0.29, 0.717) is 34.1 Å². The second-order valence-corrected chi connectivity index (χ2v) is 6.78. The van der Waals surface area contributed by atoms with Crippen molar-refractivity contribution in [3.05, 3.63) is 70.4 Å². The molecule has 2 aromatic carbocycles. The van der Waals surface area contributed by atoms with E-state index >= 15 is 0 Å². The first-order valence-corrected chi connectivity index (χ1v) is 8.78. The third-order valence-corrected chi connectivity index (χ3v) is 5.06. The molecule has 4 rings (SSSR count). The number of benzene rings is 2. The molecular formula is C20H16ClN3O3. The molecule has 1 aromatic heterocycles. The molecule has 0 spiro atoms. The van der Waals surface area contributed by atoms with Crippen LogP contribution in [-0.4, -0.2) is 23.0 Å². The molecule has 1 unspecified atom stereocenters. The fourth-order valence-electron chi connectivity index (χ4n) is 3.45. The van der Waals surface area contributed by atoms with Gasteiger partial charge in [-0.05, 0) is 24.6 Å². The molecule has 0 saturated heterocycles. The molecule has 0 saturated carbocycles.